The fourth-order valence-electron chi connectivity index (χ4n) is 3.08. The molecule has 1 amide bonds. The maximum atomic E-state index is 12.8. The molecule has 1 heterocycles. The van der Waals surface area contributed by atoms with Gasteiger partial charge in [0.25, 0.3) is 0 Å². The molecular formula is C21H25N3O4S. The highest BCUT2D eigenvalue weighted by atomic mass is 32.2. The number of amides is 1. The number of nitrogens with one attached hydrogen (secondary N) is 2. The largest absolute Gasteiger partial charge is 0.497 e. The molecule has 0 fully saturated rings. The maximum absolute atomic E-state index is 12.8. The summed E-state index contributed by atoms with van der Waals surface area (Å²) in [4.78, 5) is 12.8. The summed E-state index contributed by atoms with van der Waals surface area (Å²) in [7, 11) is -1.72. The Bertz CT molecular complexity index is 1010. The predicted molar refractivity (Wildman–Crippen MR) is 113 cm³/mol. The minimum absolute atomic E-state index is 0.0209. The molecule has 0 bridgehead atoms. The fourth-order valence-corrected chi connectivity index (χ4v) is 3.64. The van der Waals surface area contributed by atoms with E-state index in [2.05, 4.69) is 10.1 Å². The van der Waals surface area contributed by atoms with E-state index in [1.807, 2.05) is 44.2 Å². The Morgan fingerprint density at radius 1 is 1.10 bits per heavy atom. The van der Waals surface area contributed by atoms with E-state index < -0.39 is 10.0 Å². The highest BCUT2D eigenvalue weighted by Crippen LogP contribution is 2.33. The first-order valence-electron chi connectivity index (χ1n) is 9.21. The lowest BCUT2D eigenvalue weighted by Crippen LogP contribution is -2.41. The van der Waals surface area contributed by atoms with Crippen molar-refractivity contribution in [3.05, 3.63) is 65.7 Å². The van der Waals surface area contributed by atoms with E-state index in [1.165, 1.54) is 0 Å². The molecule has 8 heteroatoms. The van der Waals surface area contributed by atoms with E-state index in [0.717, 1.165) is 28.8 Å². The highest BCUT2D eigenvalue weighted by molar-refractivity contribution is 7.92. The van der Waals surface area contributed by atoms with Crippen LogP contribution in [0.4, 0.5) is 5.69 Å². The summed E-state index contributed by atoms with van der Waals surface area (Å²) < 4.78 is 30.4. The van der Waals surface area contributed by atoms with Crippen LogP contribution in [0.15, 0.2) is 54.6 Å². The summed E-state index contributed by atoms with van der Waals surface area (Å²) in [5.41, 5.74) is 6.28. The summed E-state index contributed by atoms with van der Waals surface area (Å²) in [6.45, 7) is 3.72. The molecule has 1 aliphatic rings. The molecule has 0 aromatic heterocycles. The van der Waals surface area contributed by atoms with Crippen molar-refractivity contribution in [2.24, 2.45) is 5.92 Å². The number of rotatable bonds is 6. The van der Waals surface area contributed by atoms with E-state index in [-0.39, 0.29) is 17.9 Å². The topological polar surface area (TPSA) is 87.7 Å². The Balaban J connectivity index is 1.91. The van der Waals surface area contributed by atoms with Gasteiger partial charge in [0.1, 0.15) is 5.75 Å². The second-order valence-corrected chi connectivity index (χ2v) is 8.97. The minimum Gasteiger partial charge on any atom is -0.497 e. The molecule has 0 aliphatic carbocycles. The van der Waals surface area contributed by atoms with E-state index in [0.29, 0.717) is 5.69 Å². The van der Waals surface area contributed by atoms with Crippen LogP contribution in [-0.2, 0) is 14.8 Å². The Morgan fingerprint density at radius 2 is 1.72 bits per heavy atom. The third-order valence-corrected chi connectivity index (χ3v) is 5.14. The van der Waals surface area contributed by atoms with Gasteiger partial charge in [0.2, 0.25) is 15.9 Å². The quantitative estimate of drug-likeness (QED) is 0.757. The van der Waals surface area contributed by atoms with Crippen molar-refractivity contribution >= 4 is 27.3 Å². The van der Waals surface area contributed by atoms with Crippen LogP contribution in [0, 0.1) is 5.92 Å². The van der Waals surface area contributed by atoms with Crippen molar-refractivity contribution in [1.82, 2.24) is 10.4 Å². The standard InChI is InChI=1S/C21H25N3O4S/c1-14(2)21(25)24-20(16-7-11-18(28-3)12-8-16)13-19(22-24)15-5-9-17(10-6-15)23-29(4,26)27/h5-14,20,22-23H,1-4H3. The number of benzene rings is 2. The number of hydrogen-bond acceptors (Lipinski definition) is 5. The van der Waals surface area contributed by atoms with E-state index in [1.54, 1.807) is 36.4 Å². The number of sulfonamides is 1. The molecule has 1 unspecified atom stereocenters. The third-order valence-electron chi connectivity index (χ3n) is 4.53. The van der Waals surface area contributed by atoms with Crippen LogP contribution < -0.4 is 14.9 Å². The molecule has 3 rings (SSSR count). The van der Waals surface area contributed by atoms with E-state index in [4.69, 9.17) is 4.74 Å². The van der Waals surface area contributed by atoms with Gasteiger partial charge in [0, 0.05) is 11.6 Å². The molecule has 0 saturated heterocycles. The molecule has 2 aromatic carbocycles. The second-order valence-electron chi connectivity index (χ2n) is 7.22. The molecule has 2 aromatic rings. The predicted octanol–water partition coefficient (Wildman–Crippen LogP) is 3.15. The van der Waals surface area contributed by atoms with Crippen LogP contribution in [0.2, 0.25) is 0 Å². The smallest absolute Gasteiger partial charge is 0.244 e. The van der Waals surface area contributed by atoms with Gasteiger partial charge in [-0.2, -0.15) is 0 Å². The molecule has 1 aliphatic heterocycles. The van der Waals surface area contributed by atoms with E-state index >= 15 is 0 Å². The Hall–Kier alpha value is -3.00. The van der Waals surface area contributed by atoms with Gasteiger partial charge < -0.3 is 4.74 Å². The maximum Gasteiger partial charge on any atom is 0.244 e. The lowest BCUT2D eigenvalue weighted by molar-refractivity contribution is -0.137. The number of nitrogens with zero attached hydrogens (tertiary/aromatic N) is 1. The van der Waals surface area contributed by atoms with Gasteiger partial charge >= 0.3 is 0 Å². The first-order chi connectivity index (χ1) is 13.7. The zero-order valence-electron chi connectivity index (χ0n) is 16.8. The lowest BCUT2D eigenvalue weighted by Gasteiger charge is -2.27. The van der Waals surface area contributed by atoms with Gasteiger partial charge in [0.05, 0.1) is 25.1 Å². The van der Waals surface area contributed by atoms with Crippen molar-refractivity contribution in [2.75, 3.05) is 18.1 Å². The monoisotopic (exact) mass is 415 g/mol. The van der Waals surface area contributed by atoms with Crippen LogP contribution in [0.5, 0.6) is 5.75 Å². The molecule has 29 heavy (non-hydrogen) atoms. The van der Waals surface area contributed by atoms with Crippen molar-refractivity contribution in [2.45, 2.75) is 19.9 Å². The molecule has 0 saturated carbocycles. The molecule has 7 nitrogen and oxygen atoms in total. The van der Waals surface area contributed by atoms with Gasteiger partial charge in [-0.15, -0.1) is 0 Å². The summed E-state index contributed by atoms with van der Waals surface area (Å²) >= 11 is 0. The van der Waals surface area contributed by atoms with Gasteiger partial charge in [-0.3, -0.25) is 14.9 Å². The Kier molecular flexibility index (Phi) is 5.83. The molecule has 1 atom stereocenters. The summed E-state index contributed by atoms with van der Waals surface area (Å²) in [6.07, 6.45) is 3.10. The molecule has 2 N–H and O–H groups in total. The molecule has 0 spiro atoms. The third kappa shape index (κ3) is 4.89. The Labute approximate surface area is 171 Å². The van der Waals surface area contributed by atoms with Crippen LogP contribution in [-0.4, -0.2) is 32.7 Å². The van der Waals surface area contributed by atoms with Crippen LogP contribution in [0.25, 0.3) is 5.70 Å². The zero-order chi connectivity index (χ0) is 21.2. The van der Waals surface area contributed by atoms with Gasteiger partial charge in [-0.25, -0.2) is 13.4 Å². The molecular weight excluding hydrogens is 390 g/mol. The van der Waals surface area contributed by atoms with Crippen molar-refractivity contribution < 1.29 is 17.9 Å². The van der Waals surface area contributed by atoms with Crippen molar-refractivity contribution in [3.63, 3.8) is 0 Å². The number of hydrogen-bond donors (Lipinski definition) is 2. The van der Waals surface area contributed by atoms with Crippen LogP contribution >= 0.6 is 0 Å². The highest BCUT2D eigenvalue weighted by Gasteiger charge is 2.31. The number of carbonyl (C=O) groups is 1. The minimum atomic E-state index is -3.33. The van der Waals surface area contributed by atoms with Crippen LogP contribution in [0.3, 0.4) is 0 Å². The first-order valence-corrected chi connectivity index (χ1v) is 11.1. The molecule has 154 valence electrons. The van der Waals surface area contributed by atoms with E-state index in [9.17, 15) is 13.2 Å². The number of methoxy groups -OCH3 is 1. The number of anilines is 1. The van der Waals surface area contributed by atoms with Gasteiger partial charge in [0.15, 0.2) is 0 Å². The van der Waals surface area contributed by atoms with Crippen molar-refractivity contribution in [3.8, 4) is 5.75 Å². The lowest BCUT2D eigenvalue weighted by atomic mass is 10.0. The number of ether oxygens (including phenoxy) is 1. The summed E-state index contributed by atoms with van der Waals surface area (Å²) in [6, 6.07) is 14.3. The summed E-state index contributed by atoms with van der Waals surface area (Å²) in [5, 5.41) is 1.63. The van der Waals surface area contributed by atoms with Gasteiger partial charge in [-0.1, -0.05) is 38.1 Å². The summed E-state index contributed by atoms with van der Waals surface area (Å²) in [5.74, 6) is 0.560. The SMILES string of the molecule is COc1ccc(C2C=C(c3ccc(NS(C)(=O)=O)cc3)NN2C(=O)C(C)C)cc1. The first kappa shape index (κ1) is 20.7. The average molecular weight is 416 g/mol. The average Bonchev–Trinajstić information content (AvgIpc) is 3.12. The molecule has 0 radical (unpaired) electrons. The number of hydrazine groups is 1. The van der Waals surface area contributed by atoms with Gasteiger partial charge in [-0.05, 0) is 41.5 Å². The van der Waals surface area contributed by atoms with Crippen LogP contribution in [0.1, 0.15) is 31.0 Å². The number of carbonyl (C=O) groups excluding carboxylic acids is 1. The zero-order valence-corrected chi connectivity index (χ0v) is 17.7. The Morgan fingerprint density at radius 3 is 2.24 bits per heavy atom. The fraction of sp³-hybridized carbons (Fsp3) is 0.286. The normalized spacial score (nSPS) is 16.4. The van der Waals surface area contributed by atoms with Crippen molar-refractivity contribution in [1.29, 1.82) is 0 Å². The second kappa shape index (κ2) is 8.16.